The molecular formula is C28H24ClN3O2. The third kappa shape index (κ3) is 3.82. The molecule has 0 spiro atoms. The number of carbonyl (C=O) groups excluding carboxylic acids is 1. The lowest BCUT2D eigenvalue weighted by Gasteiger charge is -2.23. The minimum Gasteiger partial charge on any atom is -0.321 e. The zero-order valence-electron chi connectivity index (χ0n) is 19.0. The lowest BCUT2D eigenvalue weighted by atomic mass is 9.90. The number of carbonyl (C=O) groups is 1. The molecule has 0 saturated carbocycles. The van der Waals surface area contributed by atoms with Gasteiger partial charge in [-0.15, -0.1) is 0 Å². The van der Waals surface area contributed by atoms with E-state index >= 15 is 0 Å². The van der Waals surface area contributed by atoms with Crippen LogP contribution in [0.4, 0.5) is 0 Å². The second-order valence-electron chi connectivity index (χ2n) is 8.48. The molecule has 1 aliphatic rings. The van der Waals surface area contributed by atoms with Gasteiger partial charge in [0, 0.05) is 34.3 Å². The molecule has 1 aliphatic heterocycles. The molecule has 0 saturated heterocycles. The number of pyridine rings is 1. The smallest absolute Gasteiger partial charge is 0.258 e. The van der Waals surface area contributed by atoms with E-state index in [0.717, 1.165) is 27.6 Å². The molecule has 0 aliphatic carbocycles. The normalized spacial score (nSPS) is 15.6. The second-order valence-corrected chi connectivity index (χ2v) is 8.91. The number of nitrogens with zero attached hydrogens (tertiary/aromatic N) is 2. The summed E-state index contributed by atoms with van der Waals surface area (Å²) in [6.45, 7) is 3.85. The van der Waals surface area contributed by atoms with Gasteiger partial charge in [0.1, 0.15) is 0 Å². The first-order valence-corrected chi connectivity index (χ1v) is 11.7. The van der Waals surface area contributed by atoms with Crippen molar-refractivity contribution < 1.29 is 4.79 Å². The number of hydrogen-bond donors (Lipinski definition) is 1. The van der Waals surface area contributed by atoms with Crippen LogP contribution in [-0.2, 0) is 4.79 Å². The lowest BCUT2D eigenvalue weighted by Crippen LogP contribution is -2.26. The third-order valence-corrected chi connectivity index (χ3v) is 6.58. The Labute approximate surface area is 202 Å². The third-order valence-electron chi connectivity index (χ3n) is 6.34. The Bertz CT molecular complexity index is 1490. The Morgan fingerprint density at radius 1 is 1.06 bits per heavy atom. The Morgan fingerprint density at radius 2 is 1.79 bits per heavy atom. The van der Waals surface area contributed by atoms with Crippen LogP contribution in [0.3, 0.4) is 0 Å². The molecule has 170 valence electrons. The van der Waals surface area contributed by atoms with Crippen LogP contribution < -0.4 is 5.56 Å². The van der Waals surface area contributed by atoms with E-state index < -0.39 is 0 Å². The highest BCUT2D eigenvalue weighted by Gasteiger charge is 2.35. The van der Waals surface area contributed by atoms with Gasteiger partial charge in [0.2, 0.25) is 5.91 Å². The van der Waals surface area contributed by atoms with Crippen molar-refractivity contribution in [3.8, 4) is 11.1 Å². The first-order valence-electron chi connectivity index (χ1n) is 11.3. The number of fused-ring (bicyclic) bond motifs is 1. The summed E-state index contributed by atoms with van der Waals surface area (Å²) in [4.78, 5) is 29.4. The van der Waals surface area contributed by atoms with Crippen molar-refractivity contribution in [2.45, 2.75) is 32.7 Å². The summed E-state index contributed by atoms with van der Waals surface area (Å²) < 4.78 is 0. The van der Waals surface area contributed by atoms with Crippen molar-refractivity contribution in [2.75, 3.05) is 0 Å². The number of rotatable bonds is 4. The van der Waals surface area contributed by atoms with Gasteiger partial charge in [-0.3, -0.25) is 9.59 Å². The van der Waals surface area contributed by atoms with Crippen molar-refractivity contribution in [1.82, 2.24) is 9.99 Å². The van der Waals surface area contributed by atoms with Gasteiger partial charge >= 0.3 is 0 Å². The summed E-state index contributed by atoms with van der Waals surface area (Å²) in [5.41, 5.74) is 5.32. The number of amides is 1. The van der Waals surface area contributed by atoms with Crippen LogP contribution in [-0.4, -0.2) is 21.6 Å². The number of hydrazone groups is 1. The van der Waals surface area contributed by atoms with Gasteiger partial charge in [0.15, 0.2) is 0 Å². The van der Waals surface area contributed by atoms with E-state index in [1.165, 1.54) is 0 Å². The fraction of sp³-hybridized carbons (Fsp3) is 0.179. The maximum Gasteiger partial charge on any atom is 0.258 e. The molecule has 5 nitrogen and oxygen atoms in total. The Morgan fingerprint density at radius 3 is 2.53 bits per heavy atom. The number of benzene rings is 3. The molecule has 1 atom stereocenters. The van der Waals surface area contributed by atoms with Gasteiger partial charge < -0.3 is 4.98 Å². The molecule has 1 N–H and O–H groups in total. The second kappa shape index (κ2) is 8.92. The van der Waals surface area contributed by atoms with Crippen molar-refractivity contribution in [3.05, 3.63) is 105 Å². The highest BCUT2D eigenvalue weighted by Crippen LogP contribution is 2.38. The standard InChI is InChI=1S/C28H24ClN3O2/c1-3-25(33)32-24(20-12-8-7-9-17(20)2)16-23(31-32)27-26(18-10-5-4-6-11-18)21-15-19(29)13-14-22(21)30-28(27)34/h4-15,24H,3,16H2,1-2H3,(H,30,34). The molecule has 5 rings (SSSR count). The zero-order chi connectivity index (χ0) is 23.8. The molecule has 4 aromatic rings. The maximum absolute atomic E-state index is 13.5. The molecule has 1 aromatic heterocycles. The van der Waals surface area contributed by atoms with Gasteiger partial charge in [0.05, 0.1) is 17.3 Å². The van der Waals surface area contributed by atoms with Crippen LogP contribution in [0.15, 0.2) is 82.7 Å². The van der Waals surface area contributed by atoms with Crippen LogP contribution in [0.2, 0.25) is 5.02 Å². The lowest BCUT2D eigenvalue weighted by molar-refractivity contribution is -0.132. The summed E-state index contributed by atoms with van der Waals surface area (Å²) in [6, 6.07) is 22.9. The van der Waals surface area contributed by atoms with Crippen LogP contribution >= 0.6 is 11.6 Å². The highest BCUT2D eigenvalue weighted by molar-refractivity contribution is 6.31. The number of aromatic amines is 1. The molecule has 1 unspecified atom stereocenters. The zero-order valence-corrected chi connectivity index (χ0v) is 19.8. The van der Waals surface area contributed by atoms with Gasteiger partial charge in [-0.05, 0) is 41.8 Å². The molecule has 0 bridgehead atoms. The predicted molar refractivity (Wildman–Crippen MR) is 137 cm³/mol. The van der Waals surface area contributed by atoms with E-state index in [-0.39, 0.29) is 17.5 Å². The molecule has 2 heterocycles. The summed E-state index contributed by atoms with van der Waals surface area (Å²) in [6.07, 6.45) is 0.778. The van der Waals surface area contributed by atoms with E-state index in [1.54, 1.807) is 11.1 Å². The molecule has 0 radical (unpaired) electrons. The van der Waals surface area contributed by atoms with Crippen molar-refractivity contribution >= 4 is 34.1 Å². The van der Waals surface area contributed by atoms with E-state index in [2.05, 4.69) is 4.98 Å². The van der Waals surface area contributed by atoms with Crippen LogP contribution in [0.1, 0.15) is 42.5 Å². The maximum atomic E-state index is 13.5. The van der Waals surface area contributed by atoms with E-state index in [1.807, 2.05) is 80.6 Å². The van der Waals surface area contributed by atoms with E-state index in [0.29, 0.717) is 34.7 Å². The number of halogens is 1. The molecule has 1 amide bonds. The molecule has 0 fully saturated rings. The molecule has 3 aromatic carbocycles. The van der Waals surface area contributed by atoms with Gasteiger partial charge in [-0.2, -0.15) is 5.10 Å². The number of hydrogen-bond acceptors (Lipinski definition) is 3. The SMILES string of the molecule is CCC(=O)N1N=C(c2c(-c3ccccc3)c3cc(Cl)ccc3[nH]c2=O)CC1c1ccccc1C. The fourth-order valence-corrected chi connectivity index (χ4v) is 4.87. The average molecular weight is 470 g/mol. The monoisotopic (exact) mass is 469 g/mol. The minimum atomic E-state index is -0.262. The quantitative estimate of drug-likeness (QED) is 0.384. The van der Waals surface area contributed by atoms with E-state index in [4.69, 9.17) is 16.7 Å². The fourth-order valence-electron chi connectivity index (χ4n) is 4.70. The largest absolute Gasteiger partial charge is 0.321 e. The van der Waals surface area contributed by atoms with Gasteiger partial charge in [0.25, 0.3) is 5.56 Å². The summed E-state index contributed by atoms with van der Waals surface area (Å²) in [5.74, 6) is -0.0789. The minimum absolute atomic E-state index is 0.0789. The first-order chi connectivity index (χ1) is 16.5. The van der Waals surface area contributed by atoms with Crippen LogP contribution in [0.5, 0.6) is 0 Å². The molecule has 34 heavy (non-hydrogen) atoms. The molecule has 6 heteroatoms. The number of aryl methyl sites for hydroxylation is 1. The number of aromatic nitrogens is 1. The van der Waals surface area contributed by atoms with Gasteiger partial charge in [-0.1, -0.05) is 73.1 Å². The van der Waals surface area contributed by atoms with Crippen molar-refractivity contribution in [1.29, 1.82) is 0 Å². The van der Waals surface area contributed by atoms with Gasteiger partial charge in [-0.25, -0.2) is 5.01 Å². The summed E-state index contributed by atoms with van der Waals surface area (Å²) in [5, 5.41) is 7.72. The molecular weight excluding hydrogens is 446 g/mol. The first kappa shape index (κ1) is 22.1. The highest BCUT2D eigenvalue weighted by atomic mass is 35.5. The topological polar surface area (TPSA) is 65.5 Å². The Kier molecular flexibility index (Phi) is 5.80. The van der Waals surface area contributed by atoms with Crippen molar-refractivity contribution in [3.63, 3.8) is 0 Å². The summed E-state index contributed by atoms with van der Waals surface area (Å²) in [7, 11) is 0. The predicted octanol–water partition coefficient (Wildman–Crippen LogP) is 6.24. The Balaban J connectivity index is 1.76. The Hall–Kier alpha value is -3.70. The average Bonchev–Trinajstić information content (AvgIpc) is 3.28. The van der Waals surface area contributed by atoms with Crippen LogP contribution in [0, 0.1) is 6.92 Å². The summed E-state index contributed by atoms with van der Waals surface area (Å²) >= 11 is 6.36. The number of nitrogens with one attached hydrogen (secondary N) is 1. The van der Waals surface area contributed by atoms with Crippen molar-refractivity contribution in [2.24, 2.45) is 5.10 Å². The number of H-pyrrole nitrogens is 1. The van der Waals surface area contributed by atoms with Crippen LogP contribution in [0.25, 0.3) is 22.0 Å². The van der Waals surface area contributed by atoms with E-state index in [9.17, 15) is 9.59 Å².